The van der Waals surface area contributed by atoms with Crippen molar-refractivity contribution in [1.29, 1.82) is 0 Å². The van der Waals surface area contributed by atoms with Crippen LogP contribution in [0, 0.1) is 5.92 Å². The molecule has 0 bridgehead atoms. The Morgan fingerprint density at radius 3 is 2.69 bits per heavy atom. The molecule has 0 atom stereocenters. The summed E-state index contributed by atoms with van der Waals surface area (Å²) in [6.45, 7) is 3.78. The molecule has 0 unspecified atom stereocenters. The van der Waals surface area contributed by atoms with E-state index in [1.807, 2.05) is 12.1 Å². The zero-order valence-corrected chi connectivity index (χ0v) is 8.20. The van der Waals surface area contributed by atoms with Crippen LogP contribution in [0.1, 0.15) is 12.8 Å². The molecule has 68 valence electrons. The molecular weight excluding hydrogens is 180 g/mol. The minimum atomic E-state index is 0.699. The van der Waals surface area contributed by atoms with Crippen molar-refractivity contribution in [2.24, 2.45) is 5.92 Å². The molecule has 1 aliphatic carbocycles. The summed E-state index contributed by atoms with van der Waals surface area (Å²) in [5.41, 5.74) is 0. The highest BCUT2D eigenvalue weighted by atomic mass is 32.2. The highest BCUT2D eigenvalue weighted by Crippen LogP contribution is 2.39. The average molecular weight is 192 g/mol. The molecule has 13 heavy (non-hydrogen) atoms. The molecule has 1 aliphatic rings. The van der Waals surface area contributed by atoms with Gasteiger partial charge in [0.05, 0.1) is 0 Å². The van der Waals surface area contributed by atoms with Gasteiger partial charge in [-0.2, -0.15) is 0 Å². The molecular formula is C10H12N2S. The Labute approximate surface area is 82.5 Å². The molecule has 0 aliphatic heterocycles. The summed E-state index contributed by atoms with van der Waals surface area (Å²) in [7, 11) is 0. The molecule has 1 aromatic heterocycles. The molecule has 1 aromatic rings. The van der Waals surface area contributed by atoms with E-state index in [0.717, 1.165) is 11.1 Å². The van der Waals surface area contributed by atoms with Crippen molar-refractivity contribution in [2.45, 2.75) is 23.2 Å². The van der Waals surface area contributed by atoms with Crippen molar-refractivity contribution in [1.82, 2.24) is 9.97 Å². The summed E-state index contributed by atoms with van der Waals surface area (Å²) in [4.78, 5) is 8.35. The van der Waals surface area contributed by atoms with Crippen LogP contribution in [0.4, 0.5) is 0 Å². The maximum Gasteiger partial charge on any atom is 0.187 e. The summed E-state index contributed by atoms with van der Waals surface area (Å²) < 4.78 is 0. The van der Waals surface area contributed by atoms with Crippen LogP contribution in [0.2, 0.25) is 0 Å². The van der Waals surface area contributed by atoms with E-state index in [4.69, 9.17) is 0 Å². The fourth-order valence-electron chi connectivity index (χ4n) is 1.39. The fraction of sp³-hybridized carbons (Fsp3) is 0.400. The van der Waals surface area contributed by atoms with Crippen LogP contribution in [0.5, 0.6) is 0 Å². The highest BCUT2D eigenvalue weighted by Gasteiger charge is 2.27. The Kier molecular flexibility index (Phi) is 2.64. The molecule has 0 saturated heterocycles. The molecule has 0 radical (unpaired) electrons. The van der Waals surface area contributed by atoms with Crippen LogP contribution < -0.4 is 0 Å². The number of nitrogens with zero attached hydrogens (tertiary/aromatic N) is 2. The normalized spacial score (nSPS) is 26.5. The largest absolute Gasteiger partial charge is 0.231 e. The van der Waals surface area contributed by atoms with E-state index in [-0.39, 0.29) is 0 Å². The predicted octanol–water partition coefficient (Wildman–Crippen LogP) is 2.53. The lowest BCUT2D eigenvalue weighted by molar-refractivity contribution is 0.403. The van der Waals surface area contributed by atoms with Crippen LogP contribution in [-0.2, 0) is 0 Å². The third-order valence-electron chi connectivity index (χ3n) is 2.28. The molecule has 1 heterocycles. The monoisotopic (exact) mass is 192 g/mol. The van der Waals surface area contributed by atoms with E-state index >= 15 is 0 Å². The van der Waals surface area contributed by atoms with Crippen LogP contribution in [0.3, 0.4) is 0 Å². The molecule has 1 fully saturated rings. The molecule has 2 nitrogen and oxygen atoms in total. The first-order valence-electron chi connectivity index (χ1n) is 4.44. The minimum Gasteiger partial charge on any atom is -0.231 e. The zero-order valence-electron chi connectivity index (χ0n) is 7.39. The van der Waals surface area contributed by atoms with Gasteiger partial charge in [0.25, 0.3) is 0 Å². The smallest absolute Gasteiger partial charge is 0.187 e. The first kappa shape index (κ1) is 8.75. The van der Waals surface area contributed by atoms with E-state index in [1.165, 1.54) is 12.8 Å². The zero-order chi connectivity index (χ0) is 9.10. The highest BCUT2D eigenvalue weighted by molar-refractivity contribution is 7.99. The molecule has 1 saturated carbocycles. The van der Waals surface area contributed by atoms with Gasteiger partial charge in [-0.3, -0.25) is 0 Å². The maximum atomic E-state index is 4.18. The molecule has 3 heteroatoms. The second kappa shape index (κ2) is 3.92. The van der Waals surface area contributed by atoms with E-state index < -0.39 is 0 Å². The summed E-state index contributed by atoms with van der Waals surface area (Å²) in [5, 5.41) is 1.60. The predicted molar refractivity (Wildman–Crippen MR) is 54.6 cm³/mol. The number of allylic oxidation sites excluding steroid dienone is 1. The van der Waals surface area contributed by atoms with E-state index in [0.29, 0.717) is 5.25 Å². The van der Waals surface area contributed by atoms with Crippen LogP contribution in [-0.4, -0.2) is 15.2 Å². The lowest BCUT2D eigenvalue weighted by atomic mass is 9.85. The van der Waals surface area contributed by atoms with Gasteiger partial charge < -0.3 is 0 Å². The van der Waals surface area contributed by atoms with Gasteiger partial charge in [-0.05, 0) is 24.8 Å². The average Bonchev–Trinajstić information content (AvgIpc) is 2.12. The first-order valence-corrected chi connectivity index (χ1v) is 5.32. The SMILES string of the molecule is C=C[C@H]1C[C@@H](Sc2ncccn2)C1. The Hall–Kier alpha value is -0.830. The standard InChI is InChI=1S/C10H12N2S/c1-2-8-6-9(7-8)13-10-11-4-3-5-12-10/h2-5,8-9H,1,6-7H2/t8-,9+. The van der Waals surface area contributed by atoms with Crippen molar-refractivity contribution in [3.05, 3.63) is 31.1 Å². The Morgan fingerprint density at radius 1 is 1.38 bits per heavy atom. The molecule has 2 rings (SSSR count). The Balaban J connectivity index is 1.84. The maximum absolute atomic E-state index is 4.18. The number of aromatic nitrogens is 2. The van der Waals surface area contributed by atoms with Crippen molar-refractivity contribution in [3.63, 3.8) is 0 Å². The van der Waals surface area contributed by atoms with Gasteiger partial charge >= 0.3 is 0 Å². The number of hydrogen-bond donors (Lipinski definition) is 0. The van der Waals surface area contributed by atoms with Gasteiger partial charge in [0.2, 0.25) is 0 Å². The minimum absolute atomic E-state index is 0.699. The van der Waals surface area contributed by atoms with E-state index in [1.54, 1.807) is 24.2 Å². The lowest BCUT2D eigenvalue weighted by Crippen LogP contribution is -2.24. The summed E-state index contributed by atoms with van der Waals surface area (Å²) in [6.07, 6.45) is 8.08. The quantitative estimate of drug-likeness (QED) is 0.543. The van der Waals surface area contributed by atoms with Crippen molar-refractivity contribution >= 4 is 11.8 Å². The Morgan fingerprint density at radius 2 is 2.08 bits per heavy atom. The molecule has 0 amide bonds. The van der Waals surface area contributed by atoms with Gasteiger partial charge in [0.1, 0.15) is 0 Å². The second-order valence-corrected chi connectivity index (χ2v) is 4.51. The van der Waals surface area contributed by atoms with Crippen LogP contribution >= 0.6 is 11.8 Å². The van der Waals surface area contributed by atoms with Gasteiger partial charge in [-0.25, -0.2) is 9.97 Å². The third kappa shape index (κ3) is 2.10. The van der Waals surface area contributed by atoms with Crippen LogP contribution in [0.25, 0.3) is 0 Å². The Bertz CT molecular complexity index is 280. The van der Waals surface area contributed by atoms with Gasteiger partial charge in [0.15, 0.2) is 5.16 Å². The van der Waals surface area contributed by atoms with E-state index in [9.17, 15) is 0 Å². The topological polar surface area (TPSA) is 25.8 Å². The summed E-state index contributed by atoms with van der Waals surface area (Å²) in [6, 6.07) is 1.84. The second-order valence-electron chi connectivity index (χ2n) is 3.24. The van der Waals surface area contributed by atoms with Crippen molar-refractivity contribution in [3.8, 4) is 0 Å². The summed E-state index contributed by atoms with van der Waals surface area (Å²) >= 11 is 1.78. The van der Waals surface area contributed by atoms with E-state index in [2.05, 4.69) is 16.5 Å². The van der Waals surface area contributed by atoms with Gasteiger partial charge in [-0.1, -0.05) is 17.8 Å². The molecule has 0 aromatic carbocycles. The number of hydrogen-bond acceptors (Lipinski definition) is 3. The van der Waals surface area contributed by atoms with Crippen molar-refractivity contribution < 1.29 is 0 Å². The van der Waals surface area contributed by atoms with Crippen LogP contribution in [0.15, 0.2) is 36.3 Å². The van der Waals surface area contributed by atoms with Gasteiger partial charge in [-0.15, -0.1) is 6.58 Å². The first-order chi connectivity index (χ1) is 6.38. The number of thioether (sulfide) groups is 1. The number of rotatable bonds is 3. The van der Waals surface area contributed by atoms with Crippen molar-refractivity contribution in [2.75, 3.05) is 0 Å². The molecule has 0 spiro atoms. The third-order valence-corrected chi connectivity index (χ3v) is 3.42. The summed E-state index contributed by atoms with van der Waals surface area (Å²) in [5.74, 6) is 0.723. The fourth-order valence-corrected chi connectivity index (χ4v) is 2.62. The lowest BCUT2D eigenvalue weighted by Gasteiger charge is -2.31. The molecule has 0 N–H and O–H groups in total. The van der Waals surface area contributed by atoms with Gasteiger partial charge in [0, 0.05) is 17.6 Å².